The van der Waals surface area contributed by atoms with E-state index in [4.69, 9.17) is 4.74 Å². The maximum Gasteiger partial charge on any atom is 0.243 e. The molecule has 1 aromatic rings. The molecule has 0 aliphatic carbocycles. The molecule has 1 heterocycles. The van der Waals surface area contributed by atoms with Gasteiger partial charge in [0, 0.05) is 19.7 Å². The molecule has 1 aliphatic rings. The third-order valence-electron chi connectivity index (χ3n) is 3.60. The maximum absolute atomic E-state index is 13.8. The first-order chi connectivity index (χ1) is 9.86. The van der Waals surface area contributed by atoms with Crippen LogP contribution in [0.2, 0.25) is 0 Å². The summed E-state index contributed by atoms with van der Waals surface area (Å²) in [5.41, 5.74) is 0.203. The number of rotatable bonds is 6. The van der Waals surface area contributed by atoms with Crippen LogP contribution in [-0.2, 0) is 21.3 Å². The molecule has 0 spiro atoms. The largest absolute Gasteiger partial charge is 0.374 e. The highest BCUT2D eigenvalue weighted by atomic mass is 32.2. The summed E-state index contributed by atoms with van der Waals surface area (Å²) in [5, 5.41) is 2.91. The van der Waals surface area contributed by atoms with Gasteiger partial charge in [0.1, 0.15) is 10.7 Å². The quantitative estimate of drug-likeness (QED) is 0.832. The Labute approximate surface area is 124 Å². The van der Waals surface area contributed by atoms with Gasteiger partial charge in [-0.1, -0.05) is 6.07 Å². The SMILES string of the molecule is CNCc1ccc(F)c(S(=O)(=O)NCC2(C)CCCO2)c1. The number of nitrogens with one attached hydrogen (secondary N) is 2. The van der Waals surface area contributed by atoms with Gasteiger partial charge in [0.2, 0.25) is 10.0 Å². The fourth-order valence-corrected chi connectivity index (χ4v) is 3.65. The third-order valence-corrected chi connectivity index (χ3v) is 5.02. The summed E-state index contributed by atoms with van der Waals surface area (Å²) in [6.45, 7) is 3.11. The molecule has 1 unspecified atom stereocenters. The average Bonchev–Trinajstić information content (AvgIpc) is 2.87. The molecule has 1 aliphatic heterocycles. The molecule has 118 valence electrons. The number of benzene rings is 1. The van der Waals surface area contributed by atoms with Crippen LogP contribution in [0.25, 0.3) is 0 Å². The normalized spacial score (nSPS) is 22.6. The predicted molar refractivity (Wildman–Crippen MR) is 77.9 cm³/mol. The lowest BCUT2D eigenvalue weighted by Crippen LogP contribution is -2.40. The van der Waals surface area contributed by atoms with Gasteiger partial charge in [-0.25, -0.2) is 17.5 Å². The van der Waals surface area contributed by atoms with Gasteiger partial charge in [-0.3, -0.25) is 0 Å². The summed E-state index contributed by atoms with van der Waals surface area (Å²) < 4.78 is 46.4. The summed E-state index contributed by atoms with van der Waals surface area (Å²) in [5.74, 6) is -0.750. The van der Waals surface area contributed by atoms with Crippen LogP contribution < -0.4 is 10.0 Å². The number of hydrogen-bond acceptors (Lipinski definition) is 4. The molecule has 2 N–H and O–H groups in total. The minimum Gasteiger partial charge on any atom is -0.374 e. The monoisotopic (exact) mass is 316 g/mol. The smallest absolute Gasteiger partial charge is 0.243 e. The minimum absolute atomic E-state index is 0.144. The molecule has 0 radical (unpaired) electrons. The van der Waals surface area contributed by atoms with Crippen LogP contribution >= 0.6 is 0 Å². The van der Waals surface area contributed by atoms with Crippen LogP contribution in [0.15, 0.2) is 23.1 Å². The minimum atomic E-state index is -3.89. The van der Waals surface area contributed by atoms with Crippen molar-refractivity contribution in [2.75, 3.05) is 20.2 Å². The van der Waals surface area contributed by atoms with Gasteiger partial charge in [0.05, 0.1) is 5.60 Å². The molecule has 0 saturated carbocycles. The second-order valence-electron chi connectivity index (χ2n) is 5.52. The molecular formula is C14H21FN2O3S. The summed E-state index contributed by atoms with van der Waals surface area (Å²) >= 11 is 0. The van der Waals surface area contributed by atoms with E-state index in [0.717, 1.165) is 12.8 Å². The molecule has 0 amide bonds. The summed E-state index contributed by atoms with van der Waals surface area (Å²) in [4.78, 5) is -0.322. The standard InChI is InChI=1S/C14H21FN2O3S/c1-14(6-3-7-20-14)10-17-21(18,19)13-8-11(9-16-2)4-5-12(13)15/h4-5,8,16-17H,3,6-7,9-10H2,1-2H3. The van der Waals surface area contributed by atoms with Crippen molar-refractivity contribution in [3.8, 4) is 0 Å². The van der Waals surface area contributed by atoms with E-state index in [1.165, 1.54) is 12.1 Å². The Kier molecular flexibility index (Phi) is 4.98. The first kappa shape index (κ1) is 16.4. The zero-order valence-corrected chi connectivity index (χ0v) is 13.1. The summed E-state index contributed by atoms with van der Waals surface area (Å²) in [6, 6.07) is 4.09. The van der Waals surface area contributed by atoms with E-state index in [0.29, 0.717) is 18.7 Å². The molecule has 0 bridgehead atoms. The Morgan fingerprint density at radius 2 is 2.19 bits per heavy atom. The van der Waals surface area contributed by atoms with Crippen LogP contribution in [0.1, 0.15) is 25.3 Å². The molecular weight excluding hydrogens is 295 g/mol. The first-order valence-corrected chi connectivity index (χ1v) is 8.41. The maximum atomic E-state index is 13.8. The summed E-state index contributed by atoms with van der Waals surface area (Å²) in [6.07, 6.45) is 1.70. The van der Waals surface area contributed by atoms with E-state index in [2.05, 4.69) is 10.0 Å². The van der Waals surface area contributed by atoms with Crippen molar-refractivity contribution in [3.63, 3.8) is 0 Å². The highest BCUT2D eigenvalue weighted by Crippen LogP contribution is 2.25. The van der Waals surface area contributed by atoms with Crippen molar-refractivity contribution < 1.29 is 17.5 Å². The van der Waals surface area contributed by atoms with Gasteiger partial charge in [-0.15, -0.1) is 0 Å². The van der Waals surface area contributed by atoms with E-state index in [1.54, 1.807) is 13.1 Å². The summed E-state index contributed by atoms with van der Waals surface area (Å²) in [7, 11) is -2.15. The van der Waals surface area contributed by atoms with Gasteiger partial charge in [-0.2, -0.15) is 0 Å². The third kappa shape index (κ3) is 4.00. The van der Waals surface area contributed by atoms with Crippen LogP contribution in [0.3, 0.4) is 0 Å². The molecule has 1 aromatic carbocycles. The van der Waals surface area contributed by atoms with Crippen LogP contribution in [-0.4, -0.2) is 34.2 Å². The topological polar surface area (TPSA) is 67.4 Å². The molecule has 1 atom stereocenters. The number of halogens is 1. The van der Waals surface area contributed by atoms with E-state index in [1.807, 2.05) is 6.92 Å². The highest BCUT2D eigenvalue weighted by Gasteiger charge is 2.32. The van der Waals surface area contributed by atoms with E-state index >= 15 is 0 Å². The lowest BCUT2D eigenvalue weighted by molar-refractivity contribution is 0.0250. The van der Waals surface area contributed by atoms with Gasteiger partial charge >= 0.3 is 0 Å². The fraction of sp³-hybridized carbons (Fsp3) is 0.571. The van der Waals surface area contributed by atoms with Gasteiger partial charge in [-0.05, 0) is 44.5 Å². The van der Waals surface area contributed by atoms with Crippen molar-refractivity contribution in [3.05, 3.63) is 29.6 Å². The second kappa shape index (κ2) is 6.39. The highest BCUT2D eigenvalue weighted by molar-refractivity contribution is 7.89. The van der Waals surface area contributed by atoms with E-state index in [9.17, 15) is 12.8 Å². The van der Waals surface area contributed by atoms with Crippen molar-refractivity contribution in [2.24, 2.45) is 0 Å². The Morgan fingerprint density at radius 3 is 2.81 bits per heavy atom. The van der Waals surface area contributed by atoms with E-state index < -0.39 is 21.4 Å². The van der Waals surface area contributed by atoms with Gasteiger partial charge < -0.3 is 10.1 Å². The Balaban J connectivity index is 2.16. The van der Waals surface area contributed by atoms with Gasteiger partial charge in [0.15, 0.2) is 0 Å². The zero-order valence-electron chi connectivity index (χ0n) is 12.3. The van der Waals surface area contributed by atoms with Crippen LogP contribution in [0.4, 0.5) is 4.39 Å². The zero-order chi connectivity index (χ0) is 15.5. The molecule has 21 heavy (non-hydrogen) atoms. The van der Waals surface area contributed by atoms with Crippen molar-refractivity contribution in [1.29, 1.82) is 0 Å². The van der Waals surface area contributed by atoms with E-state index in [-0.39, 0.29) is 11.4 Å². The Bertz CT molecular complexity index is 598. The molecule has 0 aromatic heterocycles. The lowest BCUT2D eigenvalue weighted by atomic mass is 10.0. The van der Waals surface area contributed by atoms with Crippen molar-refractivity contribution >= 4 is 10.0 Å². The first-order valence-electron chi connectivity index (χ1n) is 6.93. The molecule has 1 fully saturated rings. The van der Waals surface area contributed by atoms with Crippen LogP contribution in [0, 0.1) is 5.82 Å². The lowest BCUT2D eigenvalue weighted by Gasteiger charge is -2.23. The number of hydrogen-bond donors (Lipinski definition) is 2. The van der Waals surface area contributed by atoms with Crippen molar-refractivity contribution in [2.45, 2.75) is 36.8 Å². The van der Waals surface area contributed by atoms with Crippen LogP contribution in [0.5, 0.6) is 0 Å². The number of ether oxygens (including phenoxy) is 1. The average molecular weight is 316 g/mol. The molecule has 2 rings (SSSR count). The fourth-order valence-electron chi connectivity index (χ4n) is 2.37. The molecule has 5 nitrogen and oxygen atoms in total. The Hall–Kier alpha value is -1.02. The second-order valence-corrected chi connectivity index (χ2v) is 7.26. The van der Waals surface area contributed by atoms with Crippen molar-refractivity contribution in [1.82, 2.24) is 10.0 Å². The molecule has 7 heteroatoms. The predicted octanol–water partition coefficient (Wildman–Crippen LogP) is 1.39. The number of sulfonamides is 1. The van der Waals surface area contributed by atoms with Gasteiger partial charge in [0.25, 0.3) is 0 Å². The Morgan fingerprint density at radius 1 is 1.43 bits per heavy atom. The molecule has 1 saturated heterocycles.